The third-order valence-corrected chi connectivity index (χ3v) is 6.05. The minimum Gasteiger partial charge on any atom is -0.423 e. The maximum Gasteiger partial charge on any atom is 0.302 e. The number of anilines is 1. The van der Waals surface area contributed by atoms with Crippen LogP contribution in [0, 0.1) is 29.6 Å². The van der Waals surface area contributed by atoms with Crippen molar-refractivity contribution in [1.29, 1.82) is 0 Å². The Kier molecular flexibility index (Phi) is 2.64. The molecule has 4 aliphatic rings. The summed E-state index contributed by atoms with van der Waals surface area (Å²) in [6.07, 6.45) is 6.40. The number of para-hydroxylation sites is 2. The Morgan fingerprint density at radius 1 is 1.05 bits per heavy atom. The molecule has 0 saturated heterocycles. The van der Waals surface area contributed by atoms with E-state index in [2.05, 4.69) is 10.3 Å². The first-order chi connectivity index (χ1) is 10.8. The van der Waals surface area contributed by atoms with Crippen LogP contribution in [0.15, 0.2) is 28.7 Å². The molecule has 4 saturated carbocycles. The molecule has 1 aromatic carbocycles. The van der Waals surface area contributed by atoms with Crippen molar-refractivity contribution in [2.75, 3.05) is 5.32 Å². The molecule has 2 aromatic rings. The number of rotatable bonds is 2. The Bertz CT molecular complexity index is 675. The number of oxazole rings is 1. The normalized spacial score (nSPS) is 35.9. The molecule has 0 radical (unpaired) electrons. The maximum atomic E-state index is 12.8. The van der Waals surface area contributed by atoms with Crippen molar-refractivity contribution in [2.24, 2.45) is 29.6 Å². The van der Waals surface area contributed by atoms with Gasteiger partial charge in [0, 0.05) is 5.92 Å². The Balaban J connectivity index is 1.38. The van der Waals surface area contributed by atoms with Gasteiger partial charge >= 0.3 is 6.01 Å². The molecule has 114 valence electrons. The van der Waals surface area contributed by atoms with Gasteiger partial charge in [-0.1, -0.05) is 12.1 Å². The predicted molar refractivity (Wildman–Crippen MR) is 83.2 cm³/mol. The van der Waals surface area contributed by atoms with Gasteiger partial charge in [-0.3, -0.25) is 10.1 Å². The number of carbonyl (C=O) groups excluding carboxylic acids is 1. The summed E-state index contributed by atoms with van der Waals surface area (Å²) in [5, 5.41) is 2.94. The summed E-state index contributed by atoms with van der Waals surface area (Å²) in [7, 11) is 0. The Labute approximate surface area is 129 Å². The zero-order valence-electron chi connectivity index (χ0n) is 12.5. The topological polar surface area (TPSA) is 55.1 Å². The fourth-order valence-electron chi connectivity index (χ4n) is 5.47. The highest BCUT2D eigenvalue weighted by Gasteiger charge is 2.50. The molecule has 1 amide bonds. The van der Waals surface area contributed by atoms with Crippen LogP contribution in [0.3, 0.4) is 0 Å². The third-order valence-electron chi connectivity index (χ3n) is 6.05. The number of nitrogens with one attached hydrogen (secondary N) is 1. The highest BCUT2D eigenvalue weighted by atomic mass is 16.4. The van der Waals surface area contributed by atoms with Gasteiger partial charge in [-0.15, -0.1) is 0 Å². The molecule has 4 aliphatic carbocycles. The first kappa shape index (κ1) is 12.7. The largest absolute Gasteiger partial charge is 0.423 e. The molecule has 0 unspecified atom stereocenters. The predicted octanol–water partition coefficient (Wildman–Crippen LogP) is 3.84. The second-order valence-corrected chi connectivity index (χ2v) is 7.43. The van der Waals surface area contributed by atoms with Crippen LogP contribution in [0.2, 0.25) is 0 Å². The van der Waals surface area contributed by atoms with E-state index >= 15 is 0 Å². The van der Waals surface area contributed by atoms with Gasteiger partial charge in [-0.2, -0.15) is 4.98 Å². The first-order valence-corrected chi connectivity index (χ1v) is 8.42. The van der Waals surface area contributed by atoms with Crippen molar-refractivity contribution in [3.63, 3.8) is 0 Å². The van der Waals surface area contributed by atoms with Crippen molar-refractivity contribution >= 4 is 23.0 Å². The molecule has 1 heterocycles. The lowest BCUT2D eigenvalue weighted by Crippen LogP contribution is -2.49. The van der Waals surface area contributed by atoms with Crippen molar-refractivity contribution in [2.45, 2.75) is 32.1 Å². The van der Waals surface area contributed by atoms with E-state index in [4.69, 9.17) is 4.42 Å². The van der Waals surface area contributed by atoms with Gasteiger partial charge in [-0.25, -0.2) is 0 Å². The summed E-state index contributed by atoms with van der Waals surface area (Å²) in [5.41, 5.74) is 1.52. The Morgan fingerprint density at radius 3 is 2.41 bits per heavy atom. The van der Waals surface area contributed by atoms with E-state index in [1.54, 1.807) is 0 Å². The monoisotopic (exact) mass is 296 g/mol. The summed E-state index contributed by atoms with van der Waals surface area (Å²) in [5.74, 6) is 3.23. The van der Waals surface area contributed by atoms with Crippen LogP contribution in [0.25, 0.3) is 11.1 Å². The number of aromatic nitrogens is 1. The number of amides is 1. The molecule has 4 heteroatoms. The van der Waals surface area contributed by atoms with Gasteiger partial charge in [0.25, 0.3) is 0 Å². The molecule has 0 spiro atoms. The molecule has 22 heavy (non-hydrogen) atoms. The maximum absolute atomic E-state index is 12.8. The number of carbonyl (C=O) groups is 1. The van der Waals surface area contributed by atoms with Crippen molar-refractivity contribution in [3.05, 3.63) is 24.3 Å². The molecular weight excluding hydrogens is 276 g/mol. The summed E-state index contributed by atoms with van der Waals surface area (Å²) < 4.78 is 5.64. The number of hydrogen-bond acceptors (Lipinski definition) is 3. The Morgan fingerprint density at radius 2 is 1.73 bits per heavy atom. The molecule has 1 N–H and O–H groups in total. The molecule has 0 atom stereocenters. The van der Waals surface area contributed by atoms with E-state index in [1.165, 1.54) is 32.1 Å². The first-order valence-electron chi connectivity index (χ1n) is 8.42. The van der Waals surface area contributed by atoms with Crippen molar-refractivity contribution < 1.29 is 9.21 Å². The van der Waals surface area contributed by atoms with E-state index < -0.39 is 0 Å². The van der Waals surface area contributed by atoms with E-state index in [-0.39, 0.29) is 11.8 Å². The Hall–Kier alpha value is -1.84. The van der Waals surface area contributed by atoms with Gasteiger partial charge in [0.1, 0.15) is 5.52 Å². The second kappa shape index (κ2) is 4.58. The minimum atomic E-state index is 0.125. The minimum absolute atomic E-state index is 0.125. The highest BCUT2D eigenvalue weighted by Crippen LogP contribution is 2.56. The summed E-state index contributed by atoms with van der Waals surface area (Å²) in [6.45, 7) is 0. The molecule has 0 aliphatic heterocycles. The summed E-state index contributed by atoms with van der Waals surface area (Å²) in [4.78, 5) is 17.1. The van der Waals surface area contributed by atoms with Crippen LogP contribution in [0.1, 0.15) is 32.1 Å². The van der Waals surface area contributed by atoms with Crippen molar-refractivity contribution in [3.8, 4) is 0 Å². The van der Waals surface area contributed by atoms with Gasteiger partial charge in [-0.05, 0) is 67.9 Å². The number of hydrogen-bond donors (Lipinski definition) is 1. The lowest BCUT2D eigenvalue weighted by atomic mass is 9.51. The van der Waals surface area contributed by atoms with Crippen molar-refractivity contribution in [1.82, 2.24) is 4.98 Å². The average Bonchev–Trinajstić information content (AvgIpc) is 2.88. The zero-order valence-corrected chi connectivity index (χ0v) is 12.5. The van der Waals surface area contributed by atoms with Gasteiger partial charge in [0.05, 0.1) is 0 Å². The van der Waals surface area contributed by atoms with Gasteiger partial charge in [0.2, 0.25) is 5.91 Å². The average molecular weight is 296 g/mol. The number of nitrogens with zero attached hydrogens (tertiary/aromatic N) is 1. The molecule has 4 nitrogen and oxygen atoms in total. The molecular formula is C18H20N2O2. The van der Waals surface area contributed by atoms with Gasteiger partial charge < -0.3 is 4.42 Å². The van der Waals surface area contributed by atoms with Crippen LogP contribution >= 0.6 is 0 Å². The van der Waals surface area contributed by atoms with Crippen LogP contribution in [-0.4, -0.2) is 10.9 Å². The molecule has 6 rings (SSSR count). The van der Waals surface area contributed by atoms with Crippen LogP contribution in [-0.2, 0) is 4.79 Å². The van der Waals surface area contributed by atoms with Crippen LogP contribution in [0.4, 0.5) is 6.01 Å². The summed E-state index contributed by atoms with van der Waals surface area (Å²) >= 11 is 0. The van der Waals surface area contributed by atoms with E-state index in [9.17, 15) is 4.79 Å². The third kappa shape index (κ3) is 1.89. The standard InChI is InChI=1S/C18H20N2O2/c21-17(20-18-19-14-3-1-2-4-15(14)22-18)16-12-6-10-5-11(8-12)9-13(16)7-10/h1-4,10-13,16H,5-9H2,(H,19,20,21). The SMILES string of the molecule is O=C(Nc1nc2ccccc2o1)C1C2CC3CC(C2)CC1C3. The quantitative estimate of drug-likeness (QED) is 0.916. The van der Waals surface area contributed by atoms with Gasteiger partial charge in [0.15, 0.2) is 5.58 Å². The lowest BCUT2D eigenvalue weighted by Gasteiger charge is -2.53. The van der Waals surface area contributed by atoms with E-state index in [1.807, 2.05) is 24.3 Å². The smallest absolute Gasteiger partial charge is 0.302 e. The highest BCUT2D eigenvalue weighted by molar-refractivity contribution is 5.92. The molecule has 4 fully saturated rings. The molecule has 1 aromatic heterocycles. The van der Waals surface area contributed by atoms with E-state index in [0.29, 0.717) is 17.9 Å². The molecule has 4 bridgehead atoms. The van der Waals surface area contributed by atoms with Crippen LogP contribution in [0.5, 0.6) is 0 Å². The number of fused-ring (bicyclic) bond motifs is 1. The number of benzene rings is 1. The summed E-state index contributed by atoms with van der Waals surface area (Å²) in [6, 6.07) is 7.96. The zero-order chi connectivity index (χ0) is 14.7. The second-order valence-electron chi connectivity index (χ2n) is 7.43. The van der Waals surface area contributed by atoms with Crippen LogP contribution < -0.4 is 5.32 Å². The lowest BCUT2D eigenvalue weighted by molar-refractivity contribution is -0.132. The van der Waals surface area contributed by atoms with E-state index in [0.717, 1.165) is 22.9 Å². The fraction of sp³-hybridized carbons (Fsp3) is 0.556. The fourth-order valence-corrected chi connectivity index (χ4v) is 5.47.